The van der Waals surface area contributed by atoms with Gasteiger partial charge >= 0.3 is 0 Å². The Hall–Kier alpha value is -2.86. The molecule has 0 saturated carbocycles. The summed E-state index contributed by atoms with van der Waals surface area (Å²) in [5.41, 5.74) is 5.01. The highest BCUT2D eigenvalue weighted by molar-refractivity contribution is 5.98. The van der Waals surface area contributed by atoms with E-state index in [9.17, 15) is 0 Å². The third-order valence-corrected chi connectivity index (χ3v) is 4.02. The fraction of sp³-hybridized carbons (Fsp3) is 0. The first kappa shape index (κ1) is 12.8. The first-order valence-electron chi connectivity index (χ1n) is 7.46. The molecule has 0 aliphatic rings. The van der Waals surface area contributed by atoms with Crippen LogP contribution in [0.25, 0.3) is 33.0 Å². The topological polar surface area (TPSA) is 0 Å². The van der Waals surface area contributed by atoms with Gasteiger partial charge in [0.2, 0.25) is 0 Å². The van der Waals surface area contributed by atoms with E-state index in [2.05, 4.69) is 84.9 Å². The molecule has 0 nitrogen and oxygen atoms in total. The van der Waals surface area contributed by atoms with Crippen molar-refractivity contribution >= 4 is 10.8 Å². The smallest absolute Gasteiger partial charge is 0.0105 e. The van der Waals surface area contributed by atoms with Gasteiger partial charge in [-0.1, -0.05) is 84.9 Å². The van der Waals surface area contributed by atoms with Crippen LogP contribution in [-0.4, -0.2) is 0 Å². The summed E-state index contributed by atoms with van der Waals surface area (Å²) in [4.78, 5) is 0. The van der Waals surface area contributed by atoms with Gasteiger partial charge in [0.15, 0.2) is 0 Å². The molecular formula is C22H15. The molecule has 0 aromatic heterocycles. The fourth-order valence-electron chi connectivity index (χ4n) is 2.91. The predicted molar refractivity (Wildman–Crippen MR) is 93.7 cm³/mol. The van der Waals surface area contributed by atoms with E-state index < -0.39 is 0 Å². The largest absolute Gasteiger partial charge is 0.0622 e. The van der Waals surface area contributed by atoms with E-state index in [1.165, 1.54) is 33.0 Å². The lowest BCUT2D eigenvalue weighted by atomic mass is 9.95. The van der Waals surface area contributed by atoms with Crippen molar-refractivity contribution in [1.82, 2.24) is 0 Å². The molecule has 4 aromatic rings. The summed E-state index contributed by atoms with van der Waals surface area (Å²) in [6, 6.07) is 34.9. The molecule has 22 heavy (non-hydrogen) atoms. The van der Waals surface area contributed by atoms with Crippen LogP contribution in [0.1, 0.15) is 0 Å². The number of hydrogen-bond acceptors (Lipinski definition) is 0. The van der Waals surface area contributed by atoms with Crippen molar-refractivity contribution in [2.75, 3.05) is 0 Å². The van der Waals surface area contributed by atoms with Crippen molar-refractivity contribution in [2.45, 2.75) is 0 Å². The Kier molecular flexibility index (Phi) is 3.21. The first-order valence-corrected chi connectivity index (χ1v) is 7.46. The first-order chi connectivity index (χ1) is 10.9. The Morgan fingerprint density at radius 3 is 2.18 bits per heavy atom. The van der Waals surface area contributed by atoms with Gasteiger partial charge in [0.25, 0.3) is 0 Å². The van der Waals surface area contributed by atoms with Crippen LogP contribution in [-0.2, 0) is 0 Å². The van der Waals surface area contributed by atoms with Gasteiger partial charge in [-0.05, 0) is 45.2 Å². The molecule has 0 spiro atoms. The summed E-state index contributed by atoms with van der Waals surface area (Å²) in [6.07, 6.45) is 0. The van der Waals surface area contributed by atoms with Crippen molar-refractivity contribution in [3.63, 3.8) is 0 Å². The second-order valence-electron chi connectivity index (χ2n) is 5.40. The minimum atomic E-state index is 1.23. The molecular weight excluding hydrogens is 264 g/mol. The summed E-state index contributed by atoms with van der Waals surface area (Å²) in [5.74, 6) is 0. The van der Waals surface area contributed by atoms with Gasteiger partial charge in [-0.25, -0.2) is 0 Å². The van der Waals surface area contributed by atoms with Crippen LogP contribution in [0, 0.1) is 6.07 Å². The average Bonchev–Trinajstić information content (AvgIpc) is 2.62. The number of hydrogen-bond donors (Lipinski definition) is 0. The zero-order chi connectivity index (χ0) is 14.8. The third kappa shape index (κ3) is 2.29. The Morgan fingerprint density at radius 1 is 0.545 bits per heavy atom. The van der Waals surface area contributed by atoms with Gasteiger partial charge in [-0.2, -0.15) is 0 Å². The molecule has 4 rings (SSSR count). The van der Waals surface area contributed by atoms with Crippen molar-refractivity contribution < 1.29 is 0 Å². The second-order valence-corrected chi connectivity index (χ2v) is 5.40. The van der Waals surface area contributed by atoms with Gasteiger partial charge in [0, 0.05) is 0 Å². The van der Waals surface area contributed by atoms with Gasteiger partial charge < -0.3 is 0 Å². The lowest BCUT2D eigenvalue weighted by Gasteiger charge is -2.09. The number of rotatable bonds is 2. The highest BCUT2D eigenvalue weighted by Crippen LogP contribution is 2.31. The maximum atomic E-state index is 3.07. The lowest BCUT2D eigenvalue weighted by molar-refractivity contribution is 1.62. The summed E-state index contributed by atoms with van der Waals surface area (Å²) in [6.45, 7) is 0. The molecule has 0 heterocycles. The molecule has 0 unspecified atom stereocenters. The molecule has 0 heteroatoms. The van der Waals surface area contributed by atoms with Crippen LogP contribution in [0.3, 0.4) is 0 Å². The van der Waals surface area contributed by atoms with Gasteiger partial charge in [-0.3, -0.25) is 0 Å². The van der Waals surface area contributed by atoms with Crippen LogP contribution in [0.2, 0.25) is 0 Å². The fourth-order valence-corrected chi connectivity index (χ4v) is 2.91. The zero-order valence-electron chi connectivity index (χ0n) is 12.2. The molecule has 103 valence electrons. The Labute approximate surface area is 130 Å². The molecule has 0 fully saturated rings. The molecule has 0 aliphatic carbocycles. The quantitative estimate of drug-likeness (QED) is 0.424. The lowest BCUT2D eigenvalue weighted by Crippen LogP contribution is -1.83. The maximum absolute atomic E-state index is 3.07. The van der Waals surface area contributed by atoms with E-state index in [-0.39, 0.29) is 0 Å². The minimum Gasteiger partial charge on any atom is -0.0622 e. The maximum Gasteiger partial charge on any atom is -0.0105 e. The second kappa shape index (κ2) is 5.50. The van der Waals surface area contributed by atoms with Crippen molar-refractivity contribution in [3.8, 4) is 22.3 Å². The monoisotopic (exact) mass is 279 g/mol. The molecule has 0 amide bonds. The summed E-state index contributed by atoms with van der Waals surface area (Å²) in [5, 5.41) is 2.56. The zero-order valence-corrected chi connectivity index (χ0v) is 12.2. The normalized spacial score (nSPS) is 10.7. The van der Waals surface area contributed by atoms with Crippen LogP contribution >= 0.6 is 0 Å². The van der Waals surface area contributed by atoms with E-state index >= 15 is 0 Å². The summed E-state index contributed by atoms with van der Waals surface area (Å²) >= 11 is 0. The van der Waals surface area contributed by atoms with Gasteiger partial charge in [0.1, 0.15) is 0 Å². The Balaban J connectivity index is 1.90. The minimum absolute atomic E-state index is 1.23. The molecule has 0 saturated heterocycles. The summed E-state index contributed by atoms with van der Waals surface area (Å²) < 4.78 is 0. The van der Waals surface area contributed by atoms with Crippen molar-refractivity contribution in [1.29, 1.82) is 0 Å². The predicted octanol–water partition coefficient (Wildman–Crippen LogP) is 5.97. The SMILES string of the molecule is [c]1ccc(-c2ccc3c(-c4ccccc4)cccc3c2)cc1. The Bertz CT molecular complexity index is 906. The standard InChI is InChI=1S/C22H15/c1-3-8-17(9-4-1)19-14-15-22-20(16-19)12-7-13-21(22)18-10-5-2-6-11-18/h2-16H. The van der Waals surface area contributed by atoms with Crippen LogP contribution in [0.15, 0.2) is 91.0 Å². The highest BCUT2D eigenvalue weighted by Gasteiger charge is 2.05. The van der Waals surface area contributed by atoms with Gasteiger partial charge in [0.05, 0.1) is 0 Å². The Morgan fingerprint density at radius 2 is 1.36 bits per heavy atom. The average molecular weight is 279 g/mol. The van der Waals surface area contributed by atoms with E-state index in [1.807, 2.05) is 12.1 Å². The molecule has 4 aromatic carbocycles. The van der Waals surface area contributed by atoms with E-state index in [0.29, 0.717) is 0 Å². The van der Waals surface area contributed by atoms with E-state index in [0.717, 1.165) is 0 Å². The van der Waals surface area contributed by atoms with E-state index in [1.54, 1.807) is 0 Å². The molecule has 1 radical (unpaired) electrons. The number of benzene rings is 4. The van der Waals surface area contributed by atoms with Crippen LogP contribution < -0.4 is 0 Å². The third-order valence-electron chi connectivity index (χ3n) is 4.02. The molecule has 0 N–H and O–H groups in total. The molecule has 0 bridgehead atoms. The number of fused-ring (bicyclic) bond motifs is 1. The van der Waals surface area contributed by atoms with Gasteiger partial charge in [-0.15, -0.1) is 0 Å². The summed E-state index contributed by atoms with van der Waals surface area (Å²) in [7, 11) is 0. The van der Waals surface area contributed by atoms with Crippen LogP contribution in [0.4, 0.5) is 0 Å². The van der Waals surface area contributed by atoms with Crippen LogP contribution in [0.5, 0.6) is 0 Å². The molecule has 0 aliphatic heterocycles. The highest BCUT2D eigenvalue weighted by atomic mass is 14.1. The van der Waals surface area contributed by atoms with Crippen molar-refractivity contribution in [3.05, 3.63) is 97.1 Å². The van der Waals surface area contributed by atoms with E-state index in [4.69, 9.17) is 0 Å². The van der Waals surface area contributed by atoms with Crippen molar-refractivity contribution in [2.24, 2.45) is 0 Å². The molecule has 0 atom stereocenters.